The summed E-state index contributed by atoms with van der Waals surface area (Å²) in [6, 6.07) is 0. The molecule has 2 heteroatoms. The van der Waals surface area contributed by atoms with Gasteiger partial charge >= 0.3 is 0 Å². The topological polar surface area (TPSA) is 32.3 Å². The first-order valence-electron chi connectivity index (χ1n) is 6.96. The maximum absolute atomic E-state index is 9.35. The average molecular weight is 243 g/mol. The molecule has 0 unspecified atom stereocenters. The molecule has 0 bridgehead atoms. The van der Waals surface area contributed by atoms with Crippen LogP contribution >= 0.6 is 0 Å². The molecule has 0 aromatic rings. The monoisotopic (exact) mass is 243 g/mol. The molecule has 2 nitrogen and oxygen atoms in total. The Morgan fingerprint density at radius 3 is 1.94 bits per heavy atom. The molecule has 0 amide bonds. The molecule has 0 rings (SSSR count). The molecule has 0 spiro atoms. The Bertz CT molecular complexity index is 188. The normalized spacial score (nSPS) is 15.0. The first-order chi connectivity index (χ1) is 7.64. The summed E-state index contributed by atoms with van der Waals surface area (Å²) in [6.07, 6.45) is 3.41. The van der Waals surface area contributed by atoms with Gasteiger partial charge in [0.1, 0.15) is 0 Å². The molecule has 0 aliphatic carbocycles. The number of hydrogen-bond donors (Lipinski definition) is 2. The summed E-state index contributed by atoms with van der Waals surface area (Å²) in [5.41, 5.74) is 0.729. The standard InChI is InChI=1S/C15H33NO/c1-14(2,3)9-7-13(11-17)8-10-16-12-15(4,5)6/h13,16-17H,7-12H2,1-6H3/t13-/m1/s1. The van der Waals surface area contributed by atoms with E-state index in [4.69, 9.17) is 0 Å². The average Bonchev–Trinajstić information content (AvgIpc) is 2.13. The highest BCUT2D eigenvalue weighted by Crippen LogP contribution is 2.24. The van der Waals surface area contributed by atoms with Gasteiger partial charge in [-0.3, -0.25) is 0 Å². The molecule has 17 heavy (non-hydrogen) atoms. The van der Waals surface area contributed by atoms with Crippen molar-refractivity contribution < 1.29 is 5.11 Å². The van der Waals surface area contributed by atoms with Crippen molar-refractivity contribution in [3.8, 4) is 0 Å². The van der Waals surface area contributed by atoms with Crippen LogP contribution in [0.5, 0.6) is 0 Å². The minimum Gasteiger partial charge on any atom is -0.396 e. The van der Waals surface area contributed by atoms with Crippen molar-refractivity contribution in [1.82, 2.24) is 5.32 Å². The quantitative estimate of drug-likeness (QED) is 0.671. The Morgan fingerprint density at radius 2 is 1.53 bits per heavy atom. The van der Waals surface area contributed by atoms with Crippen LogP contribution < -0.4 is 5.32 Å². The highest BCUT2D eigenvalue weighted by molar-refractivity contribution is 4.69. The van der Waals surface area contributed by atoms with Gasteiger partial charge < -0.3 is 10.4 Å². The van der Waals surface area contributed by atoms with E-state index in [1.54, 1.807) is 0 Å². The van der Waals surface area contributed by atoms with Crippen LogP contribution in [0.3, 0.4) is 0 Å². The maximum Gasteiger partial charge on any atom is 0.0459 e. The molecule has 2 N–H and O–H groups in total. The lowest BCUT2D eigenvalue weighted by atomic mass is 9.86. The molecule has 1 atom stereocenters. The van der Waals surface area contributed by atoms with Crippen molar-refractivity contribution >= 4 is 0 Å². The molecule has 0 aromatic carbocycles. The van der Waals surface area contributed by atoms with Crippen LogP contribution in [-0.4, -0.2) is 24.8 Å². The molecular weight excluding hydrogens is 210 g/mol. The van der Waals surface area contributed by atoms with Crippen molar-refractivity contribution in [1.29, 1.82) is 0 Å². The molecular formula is C15H33NO. The lowest BCUT2D eigenvalue weighted by Gasteiger charge is -2.23. The lowest BCUT2D eigenvalue weighted by molar-refractivity contribution is 0.191. The predicted molar refractivity (Wildman–Crippen MR) is 76.2 cm³/mol. The molecule has 0 aliphatic rings. The summed E-state index contributed by atoms with van der Waals surface area (Å²) >= 11 is 0. The van der Waals surface area contributed by atoms with Crippen LogP contribution in [0.4, 0.5) is 0 Å². The second-order valence-electron chi connectivity index (χ2n) is 7.67. The Labute approximate surface area is 108 Å². The molecule has 104 valence electrons. The molecule has 0 aromatic heterocycles. The van der Waals surface area contributed by atoms with Gasteiger partial charge in [-0.25, -0.2) is 0 Å². The van der Waals surface area contributed by atoms with Crippen LogP contribution in [0.1, 0.15) is 60.8 Å². The van der Waals surface area contributed by atoms with Crippen LogP contribution in [-0.2, 0) is 0 Å². The van der Waals surface area contributed by atoms with E-state index in [9.17, 15) is 5.11 Å². The van der Waals surface area contributed by atoms with Gasteiger partial charge in [0.15, 0.2) is 0 Å². The zero-order valence-electron chi connectivity index (χ0n) is 12.8. The zero-order valence-corrected chi connectivity index (χ0v) is 12.8. The van der Waals surface area contributed by atoms with Crippen LogP contribution in [0.25, 0.3) is 0 Å². The van der Waals surface area contributed by atoms with E-state index >= 15 is 0 Å². The number of rotatable bonds is 7. The summed E-state index contributed by atoms with van der Waals surface area (Å²) in [6.45, 7) is 15.9. The Hall–Kier alpha value is -0.0800. The minimum absolute atomic E-state index is 0.327. The van der Waals surface area contributed by atoms with E-state index in [-0.39, 0.29) is 0 Å². The van der Waals surface area contributed by atoms with Crippen molar-refractivity contribution in [2.24, 2.45) is 16.7 Å². The number of aliphatic hydroxyl groups excluding tert-OH is 1. The molecule has 0 aliphatic heterocycles. The minimum atomic E-state index is 0.327. The molecule has 0 radical (unpaired) electrons. The van der Waals surface area contributed by atoms with E-state index in [1.165, 1.54) is 6.42 Å². The third-order valence-corrected chi connectivity index (χ3v) is 2.95. The lowest BCUT2D eigenvalue weighted by Crippen LogP contribution is -2.29. The second-order valence-corrected chi connectivity index (χ2v) is 7.67. The van der Waals surface area contributed by atoms with E-state index < -0.39 is 0 Å². The molecule has 0 saturated heterocycles. The first-order valence-corrected chi connectivity index (χ1v) is 6.96. The van der Waals surface area contributed by atoms with Crippen LogP contribution in [0, 0.1) is 16.7 Å². The van der Waals surface area contributed by atoms with Gasteiger partial charge in [0.25, 0.3) is 0 Å². The zero-order chi connectivity index (χ0) is 13.5. The third kappa shape index (κ3) is 12.2. The van der Waals surface area contributed by atoms with Gasteiger partial charge in [-0.2, -0.15) is 0 Å². The van der Waals surface area contributed by atoms with Crippen molar-refractivity contribution in [3.63, 3.8) is 0 Å². The molecule has 0 heterocycles. The van der Waals surface area contributed by atoms with Gasteiger partial charge in [-0.05, 0) is 49.1 Å². The molecule has 0 saturated carbocycles. The molecule has 0 fully saturated rings. The van der Waals surface area contributed by atoms with Gasteiger partial charge in [0.05, 0.1) is 0 Å². The predicted octanol–water partition coefficient (Wildman–Crippen LogP) is 3.45. The number of aliphatic hydroxyl groups is 1. The summed E-state index contributed by atoms with van der Waals surface area (Å²) < 4.78 is 0. The van der Waals surface area contributed by atoms with Crippen molar-refractivity contribution in [3.05, 3.63) is 0 Å². The van der Waals surface area contributed by atoms with Gasteiger partial charge in [-0.15, -0.1) is 0 Å². The summed E-state index contributed by atoms with van der Waals surface area (Å²) in [5, 5.41) is 12.8. The highest BCUT2D eigenvalue weighted by Gasteiger charge is 2.15. The first kappa shape index (κ1) is 16.9. The third-order valence-electron chi connectivity index (χ3n) is 2.95. The van der Waals surface area contributed by atoms with Crippen molar-refractivity contribution in [2.75, 3.05) is 19.7 Å². The fourth-order valence-corrected chi connectivity index (χ4v) is 1.73. The van der Waals surface area contributed by atoms with E-state index in [0.29, 0.717) is 23.4 Å². The van der Waals surface area contributed by atoms with Crippen LogP contribution in [0.2, 0.25) is 0 Å². The summed E-state index contributed by atoms with van der Waals surface area (Å²) in [7, 11) is 0. The summed E-state index contributed by atoms with van der Waals surface area (Å²) in [5.74, 6) is 0.460. The highest BCUT2D eigenvalue weighted by atomic mass is 16.3. The summed E-state index contributed by atoms with van der Waals surface area (Å²) in [4.78, 5) is 0. The van der Waals surface area contributed by atoms with Gasteiger partial charge in [0, 0.05) is 6.61 Å². The number of hydrogen-bond acceptors (Lipinski definition) is 2. The van der Waals surface area contributed by atoms with E-state index in [0.717, 1.165) is 25.9 Å². The van der Waals surface area contributed by atoms with Crippen molar-refractivity contribution in [2.45, 2.75) is 60.8 Å². The SMILES string of the molecule is CC(C)(C)CC[C@@H](CO)CCNCC(C)(C)C. The second kappa shape index (κ2) is 7.38. The Kier molecular flexibility index (Phi) is 7.34. The fourth-order valence-electron chi connectivity index (χ4n) is 1.73. The van der Waals surface area contributed by atoms with Crippen LogP contribution in [0.15, 0.2) is 0 Å². The van der Waals surface area contributed by atoms with Gasteiger partial charge in [-0.1, -0.05) is 41.5 Å². The van der Waals surface area contributed by atoms with E-state index in [1.807, 2.05) is 0 Å². The van der Waals surface area contributed by atoms with E-state index in [2.05, 4.69) is 46.9 Å². The Balaban J connectivity index is 3.69. The fraction of sp³-hybridized carbons (Fsp3) is 1.00. The largest absolute Gasteiger partial charge is 0.396 e. The maximum atomic E-state index is 9.35. The number of nitrogens with one attached hydrogen (secondary N) is 1. The Morgan fingerprint density at radius 1 is 0.941 bits per heavy atom. The smallest absolute Gasteiger partial charge is 0.0459 e. The van der Waals surface area contributed by atoms with Gasteiger partial charge in [0.2, 0.25) is 0 Å².